The maximum Gasteiger partial charge on any atom is 0.303 e. The van der Waals surface area contributed by atoms with Crippen molar-refractivity contribution in [2.75, 3.05) is 126 Å². The van der Waals surface area contributed by atoms with Crippen LogP contribution in [0.3, 0.4) is 0 Å². The summed E-state index contributed by atoms with van der Waals surface area (Å²) < 4.78 is 107. The fourth-order valence-electron chi connectivity index (χ4n) is 9.50. The monoisotopic (exact) mass is 1280 g/mol. The second-order valence-electron chi connectivity index (χ2n) is 21.7. The summed E-state index contributed by atoms with van der Waals surface area (Å²) in [6.45, 7) is 12.6. The van der Waals surface area contributed by atoms with Gasteiger partial charge in [-0.1, -0.05) is 90.4 Å². The Morgan fingerprint density at radius 1 is 0.326 bits per heavy atom. The van der Waals surface area contributed by atoms with Crippen LogP contribution in [0.15, 0.2) is 0 Å². The van der Waals surface area contributed by atoms with Crippen molar-refractivity contribution >= 4 is 47.8 Å². The van der Waals surface area contributed by atoms with Gasteiger partial charge < -0.3 is 95.1 Å². The van der Waals surface area contributed by atoms with E-state index in [1.807, 2.05) is 0 Å². The van der Waals surface area contributed by atoms with E-state index in [0.717, 1.165) is 60.8 Å². The zero-order valence-electron chi connectivity index (χ0n) is 54.1. The minimum atomic E-state index is -1.37. The van der Waals surface area contributed by atoms with Crippen LogP contribution >= 0.6 is 0 Å². The summed E-state index contributed by atoms with van der Waals surface area (Å²) in [6.07, 6.45) is 4.29. The van der Waals surface area contributed by atoms with Crippen LogP contribution in [0.1, 0.15) is 152 Å². The lowest BCUT2D eigenvalue weighted by Gasteiger charge is -2.44. The molecule has 2 rings (SSSR count). The Bertz CT molecular complexity index is 1860. The minimum absolute atomic E-state index is 0.0344. The Hall–Kier alpha value is -4.72. The minimum Gasteiger partial charge on any atom is -0.463 e. The molecule has 0 unspecified atom stereocenters. The number of aliphatic hydroxyl groups excluding tert-OH is 1. The highest BCUT2D eigenvalue weighted by molar-refractivity contribution is 5.70. The van der Waals surface area contributed by atoms with Gasteiger partial charge in [-0.25, -0.2) is 0 Å². The highest BCUT2D eigenvalue weighted by Crippen LogP contribution is 2.32. The average molecular weight is 1290 g/mol. The number of ether oxygens (including phenoxy) is 19. The van der Waals surface area contributed by atoms with Gasteiger partial charge in [0.1, 0.15) is 25.4 Å². The lowest BCUT2D eigenvalue weighted by molar-refractivity contribution is -0.309. The van der Waals surface area contributed by atoms with Gasteiger partial charge in [-0.2, -0.15) is 0 Å². The van der Waals surface area contributed by atoms with Crippen LogP contribution in [0.4, 0.5) is 0 Å². The lowest BCUT2D eigenvalue weighted by atomic mass is 9.92. The van der Waals surface area contributed by atoms with Crippen molar-refractivity contribution in [3.05, 3.63) is 0 Å². The van der Waals surface area contributed by atoms with E-state index in [1.165, 1.54) is 84.5 Å². The van der Waals surface area contributed by atoms with E-state index >= 15 is 0 Å². The predicted octanol–water partition coefficient (Wildman–Crippen LogP) is 4.76. The molecule has 2 saturated heterocycles. The number of rotatable bonds is 52. The molecule has 0 aliphatic carbocycles. The number of aliphatic hydroxyl groups is 1. The molecular formula is C61H104O28. The first kappa shape index (κ1) is 80.4. The molecule has 0 bridgehead atoms. The van der Waals surface area contributed by atoms with Crippen LogP contribution in [0.2, 0.25) is 0 Å². The summed E-state index contributed by atoms with van der Waals surface area (Å²) in [5.74, 6) is -5.84. The molecule has 1 N–H and O–H groups in total. The molecule has 0 spiro atoms. The van der Waals surface area contributed by atoms with Gasteiger partial charge >= 0.3 is 47.8 Å². The Balaban J connectivity index is 1.87. The number of unbranched alkanes of at least 4 members (excludes halogenated alkanes) is 13. The van der Waals surface area contributed by atoms with Crippen molar-refractivity contribution in [1.29, 1.82) is 0 Å². The summed E-state index contributed by atoms with van der Waals surface area (Å²) in [5, 5.41) is 10.7. The normalized spacial score (nSPS) is 21.7. The largest absolute Gasteiger partial charge is 0.463 e. The first-order valence-corrected chi connectivity index (χ1v) is 31.2. The average Bonchev–Trinajstić information content (AvgIpc) is 1.93. The van der Waals surface area contributed by atoms with E-state index in [4.69, 9.17) is 90.0 Å². The molecular weight excluding hydrogens is 1180 g/mol. The van der Waals surface area contributed by atoms with Gasteiger partial charge in [0.2, 0.25) is 0 Å². The second-order valence-corrected chi connectivity index (χ2v) is 21.7. The first-order valence-electron chi connectivity index (χ1n) is 31.2. The zero-order chi connectivity index (χ0) is 65.7. The molecule has 28 nitrogen and oxygen atoms in total. The maximum atomic E-state index is 12.1. The molecule has 28 heteroatoms. The number of carbonyl (C=O) groups is 8. The van der Waals surface area contributed by atoms with Gasteiger partial charge in [-0.3, -0.25) is 38.4 Å². The molecule has 0 saturated carbocycles. The number of carbonyl (C=O) groups excluding carboxylic acids is 8. The van der Waals surface area contributed by atoms with Gasteiger partial charge in [0.25, 0.3) is 0 Å². The fourth-order valence-corrected chi connectivity index (χ4v) is 9.50. The van der Waals surface area contributed by atoms with E-state index in [-0.39, 0.29) is 106 Å². The van der Waals surface area contributed by atoms with Crippen LogP contribution in [0.25, 0.3) is 0 Å². The predicted molar refractivity (Wildman–Crippen MR) is 311 cm³/mol. The third kappa shape index (κ3) is 37.4. The standard InChI is InChI=1S/C61H104O28/c1-10-11-12-13-14-15-16-17-18-19-20-21-22-23-24-75-40-61(39-62,41-76-31-29-71-25-27-73-33-35-78-59-57(86-49(8)69)55(84-47(6)67)53(82-45(4)65)51(88-59)37-80-43(2)63)42-77-32-30-72-26-28-74-34-36-79-60-58(87-50(9)70)56(85-48(7)68)54(83-46(5)66)52(89-60)38-81-44(3)64/h51-60,62H,10-42H2,1-9H3/t51-,52-,53-,54-,55+,56+,57+,58+,59+,60+/m1/s1. The zero-order valence-corrected chi connectivity index (χ0v) is 54.1. The molecule has 10 atom stereocenters. The Labute approximate surface area is 524 Å². The smallest absolute Gasteiger partial charge is 0.303 e. The highest BCUT2D eigenvalue weighted by Gasteiger charge is 2.54. The first-order chi connectivity index (χ1) is 42.7. The molecule has 0 aromatic carbocycles. The van der Waals surface area contributed by atoms with Gasteiger partial charge in [-0.15, -0.1) is 0 Å². The van der Waals surface area contributed by atoms with E-state index in [1.54, 1.807) is 0 Å². The Morgan fingerprint density at radius 3 is 0.899 bits per heavy atom. The van der Waals surface area contributed by atoms with E-state index in [9.17, 15) is 43.5 Å². The van der Waals surface area contributed by atoms with Crippen LogP contribution in [-0.2, 0) is 128 Å². The third-order valence-electron chi connectivity index (χ3n) is 13.6. The third-order valence-corrected chi connectivity index (χ3v) is 13.6. The Morgan fingerprint density at radius 2 is 0.596 bits per heavy atom. The van der Waals surface area contributed by atoms with Gasteiger partial charge in [-0.05, 0) is 6.42 Å². The molecule has 0 radical (unpaired) electrons. The van der Waals surface area contributed by atoms with Gasteiger partial charge in [0, 0.05) is 62.0 Å². The Kier molecular flexibility index (Phi) is 44.2. The topological polar surface area (TPSA) is 332 Å². The van der Waals surface area contributed by atoms with Crippen molar-refractivity contribution in [2.24, 2.45) is 5.41 Å². The summed E-state index contributed by atoms with van der Waals surface area (Å²) in [4.78, 5) is 95.9. The van der Waals surface area contributed by atoms with Crippen LogP contribution in [-0.4, -0.2) is 240 Å². The van der Waals surface area contributed by atoms with Crippen molar-refractivity contribution in [3.8, 4) is 0 Å². The molecule has 2 aliphatic heterocycles. The maximum absolute atomic E-state index is 12.1. The SMILES string of the molecule is CCCCCCCCCCCCCCCCOCC(CO)(COCCOCCOCCO[C@H]1O[C@H](COC(C)=O)[C@@H](OC(C)=O)[C@H](OC(C)=O)[C@@H]1OC(C)=O)COCCOCCOCCO[C@H]1O[C@H](COC(C)=O)[C@@H](OC(C)=O)[C@H](OC(C)=O)[C@@H]1OC(C)=O. The van der Waals surface area contributed by atoms with Crippen LogP contribution in [0.5, 0.6) is 0 Å². The lowest BCUT2D eigenvalue weighted by Crippen LogP contribution is -2.63. The number of hydrogen-bond donors (Lipinski definition) is 1. The molecule has 0 amide bonds. The molecule has 0 aromatic rings. The van der Waals surface area contributed by atoms with Crippen molar-refractivity contribution in [2.45, 2.75) is 214 Å². The molecule has 0 aromatic heterocycles. The summed E-state index contributed by atoms with van der Waals surface area (Å²) in [6, 6.07) is 0. The van der Waals surface area contributed by atoms with E-state index in [0.29, 0.717) is 6.61 Å². The molecule has 2 aliphatic rings. The highest BCUT2D eigenvalue weighted by atomic mass is 16.8. The van der Waals surface area contributed by atoms with Crippen LogP contribution in [0, 0.1) is 5.41 Å². The molecule has 2 fully saturated rings. The molecule has 516 valence electrons. The summed E-state index contributed by atoms with van der Waals surface area (Å²) in [5.41, 5.74) is -0.894. The van der Waals surface area contributed by atoms with Crippen molar-refractivity contribution in [1.82, 2.24) is 0 Å². The molecule has 2 heterocycles. The van der Waals surface area contributed by atoms with Crippen molar-refractivity contribution < 1.29 is 133 Å². The van der Waals surface area contributed by atoms with E-state index < -0.39 is 128 Å². The summed E-state index contributed by atoms with van der Waals surface area (Å²) >= 11 is 0. The molecule has 89 heavy (non-hydrogen) atoms. The van der Waals surface area contributed by atoms with Crippen LogP contribution < -0.4 is 0 Å². The van der Waals surface area contributed by atoms with Gasteiger partial charge in [0.05, 0.1) is 111 Å². The van der Waals surface area contributed by atoms with E-state index in [2.05, 4.69) is 6.92 Å². The van der Waals surface area contributed by atoms with Crippen molar-refractivity contribution in [3.63, 3.8) is 0 Å². The summed E-state index contributed by atoms with van der Waals surface area (Å²) in [7, 11) is 0. The van der Waals surface area contributed by atoms with Gasteiger partial charge in [0.15, 0.2) is 49.2 Å². The fraction of sp³-hybridized carbons (Fsp3) is 0.869. The number of esters is 8. The number of hydrogen-bond acceptors (Lipinski definition) is 28. The quantitative estimate of drug-likeness (QED) is 0.0487. The second kappa shape index (κ2) is 49.0.